The van der Waals surface area contributed by atoms with Crippen molar-refractivity contribution in [2.45, 2.75) is 33.2 Å². The predicted molar refractivity (Wildman–Crippen MR) is 107 cm³/mol. The molecular formula is C23H25NO3. The molecule has 0 aliphatic heterocycles. The lowest BCUT2D eigenvalue weighted by Gasteiger charge is -2.15. The number of hydrogen-bond donors (Lipinski definition) is 1. The molecule has 1 heterocycles. The van der Waals surface area contributed by atoms with Crippen molar-refractivity contribution < 1.29 is 14.6 Å². The van der Waals surface area contributed by atoms with Crippen molar-refractivity contribution in [2.24, 2.45) is 0 Å². The van der Waals surface area contributed by atoms with Gasteiger partial charge in [-0.3, -0.25) is 4.79 Å². The molecule has 0 aliphatic carbocycles. The van der Waals surface area contributed by atoms with Gasteiger partial charge >= 0.3 is 5.97 Å². The molecule has 1 aromatic heterocycles. The van der Waals surface area contributed by atoms with Crippen molar-refractivity contribution in [3.8, 4) is 17.0 Å². The molecule has 1 N–H and O–H groups in total. The first-order valence-corrected chi connectivity index (χ1v) is 9.19. The van der Waals surface area contributed by atoms with Crippen LogP contribution in [0.15, 0.2) is 60.7 Å². The summed E-state index contributed by atoms with van der Waals surface area (Å²) in [6.45, 7) is 5.30. The van der Waals surface area contributed by atoms with Gasteiger partial charge in [0.15, 0.2) is 0 Å². The van der Waals surface area contributed by atoms with Crippen LogP contribution in [0, 0.1) is 13.8 Å². The summed E-state index contributed by atoms with van der Waals surface area (Å²) in [6.07, 6.45) is 0.627. The Hall–Kier alpha value is -3.01. The van der Waals surface area contributed by atoms with Crippen LogP contribution < -0.4 is 4.74 Å². The topological polar surface area (TPSA) is 51.5 Å². The quantitative estimate of drug-likeness (QED) is 0.621. The van der Waals surface area contributed by atoms with Crippen molar-refractivity contribution in [3.63, 3.8) is 0 Å². The molecule has 0 saturated carbocycles. The van der Waals surface area contributed by atoms with Gasteiger partial charge in [-0.25, -0.2) is 0 Å². The number of carboxylic acid groups (broad SMARTS) is 1. The molecule has 0 atom stereocenters. The van der Waals surface area contributed by atoms with Gasteiger partial charge in [0.05, 0.1) is 13.0 Å². The maximum Gasteiger partial charge on any atom is 0.303 e. The number of rotatable bonds is 8. The summed E-state index contributed by atoms with van der Waals surface area (Å²) in [4.78, 5) is 11.0. The van der Waals surface area contributed by atoms with Crippen molar-refractivity contribution >= 4 is 5.97 Å². The summed E-state index contributed by atoms with van der Waals surface area (Å²) in [5.41, 5.74) is 5.64. The van der Waals surface area contributed by atoms with Gasteiger partial charge in [0.2, 0.25) is 0 Å². The number of carbonyl (C=O) groups is 1. The molecule has 0 bridgehead atoms. The zero-order chi connectivity index (χ0) is 19.2. The summed E-state index contributed by atoms with van der Waals surface area (Å²) in [7, 11) is 0. The van der Waals surface area contributed by atoms with Crippen LogP contribution >= 0.6 is 0 Å². The van der Waals surface area contributed by atoms with E-state index in [0.29, 0.717) is 19.6 Å². The number of aliphatic carboxylic acids is 1. The Balaban J connectivity index is 1.78. The first-order valence-electron chi connectivity index (χ1n) is 9.19. The van der Waals surface area contributed by atoms with E-state index in [1.54, 1.807) is 0 Å². The molecule has 0 aliphatic rings. The van der Waals surface area contributed by atoms with Crippen LogP contribution in [-0.2, 0) is 17.8 Å². The maximum absolute atomic E-state index is 11.0. The first kappa shape index (κ1) is 18.8. The fourth-order valence-corrected chi connectivity index (χ4v) is 3.09. The van der Waals surface area contributed by atoms with Crippen LogP contribution in [0.4, 0.5) is 0 Å². The number of aryl methyl sites for hydroxylation is 3. The smallest absolute Gasteiger partial charge is 0.303 e. The Bertz CT molecular complexity index is 892. The van der Waals surface area contributed by atoms with Crippen molar-refractivity contribution in [3.05, 3.63) is 77.5 Å². The molecule has 27 heavy (non-hydrogen) atoms. The summed E-state index contributed by atoms with van der Waals surface area (Å²) >= 11 is 0. The number of ether oxygens (including phenoxy) is 1. The van der Waals surface area contributed by atoms with Gasteiger partial charge < -0.3 is 14.4 Å². The van der Waals surface area contributed by atoms with E-state index in [9.17, 15) is 4.79 Å². The van der Waals surface area contributed by atoms with Crippen LogP contribution in [0.3, 0.4) is 0 Å². The Kier molecular flexibility index (Phi) is 5.97. The van der Waals surface area contributed by atoms with E-state index in [-0.39, 0.29) is 6.42 Å². The van der Waals surface area contributed by atoms with E-state index in [0.717, 1.165) is 22.7 Å². The second kappa shape index (κ2) is 8.58. The predicted octanol–water partition coefficient (Wildman–Crippen LogP) is 4.87. The zero-order valence-electron chi connectivity index (χ0n) is 15.8. The molecule has 0 unspecified atom stereocenters. The second-order valence-electron chi connectivity index (χ2n) is 6.78. The Labute approximate surface area is 160 Å². The molecule has 2 aromatic carbocycles. The van der Waals surface area contributed by atoms with E-state index < -0.39 is 5.97 Å². The van der Waals surface area contributed by atoms with E-state index >= 15 is 0 Å². The Morgan fingerprint density at radius 3 is 2.19 bits per heavy atom. The number of nitrogens with zero attached hydrogens (tertiary/aromatic N) is 1. The van der Waals surface area contributed by atoms with E-state index in [2.05, 4.69) is 41.8 Å². The van der Waals surface area contributed by atoms with E-state index in [1.807, 2.05) is 37.3 Å². The zero-order valence-corrected chi connectivity index (χ0v) is 15.8. The van der Waals surface area contributed by atoms with Gasteiger partial charge in [0, 0.05) is 11.4 Å². The normalized spacial score (nSPS) is 10.7. The van der Waals surface area contributed by atoms with Gasteiger partial charge in [-0.1, -0.05) is 47.5 Å². The minimum atomic E-state index is -0.782. The number of benzene rings is 2. The minimum Gasteiger partial charge on any atom is -0.492 e. The molecule has 3 aromatic rings. The fourth-order valence-electron chi connectivity index (χ4n) is 3.09. The average molecular weight is 363 g/mol. The molecule has 4 heteroatoms. The monoisotopic (exact) mass is 363 g/mol. The highest BCUT2D eigenvalue weighted by atomic mass is 16.5. The third kappa shape index (κ3) is 5.00. The fraction of sp³-hybridized carbons (Fsp3) is 0.261. The highest BCUT2D eigenvalue weighted by molar-refractivity contribution is 5.67. The van der Waals surface area contributed by atoms with Gasteiger partial charge in [-0.05, 0) is 50.1 Å². The van der Waals surface area contributed by atoms with Crippen LogP contribution in [0.2, 0.25) is 0 Å². The van der Waals surface area contributed by atoms with Crippen molar-refractivity contribution in [1.82, 2.24) is 4.57 Å². The van der Waals surface area contributed by atoms with Crippen LogP contribution in [0.5, 0.6) is 5.75 Å². The number of hydrogen-bond acceptors (Lipinski definition) is 2. The van der Waals surface area contributed by atoms with Gasteiger partial charge in [0.25, 0.3) is 0 Å². The first-order chi connectivity index (χ1) is 13.0. The lowest BCUT2D eigenvalue weighted by Crippen LogP contribution is -2.13. The molecule has 0 fully saturated rings. The summed E-state index contributed by atoms with van der Waals surface area (Å²) in [5, 5.41) is 9.03. The van der Waals surface area contributed by atoms with Gasteiger partial charge in [-0.15, -0.1) is 0 Å². The highest BCUT2D eigenvalue weighted by Crippen LogP contribution is 2.24. The van der Waals surface area contributed by atoms with Crippen LogP contribution in [-0.4, -0.2) is 22.2 Å². The van der Waals surface area contributed by atoms with E-state index in [4.69, 9.17) is 9.84 Å². The van der Waals surface area contributed by atoms with Crippen LogP contribution in [0.25, 0.3) is 11.3 Å². The largest absolute Gasteiger partial charge is 0.492 e. The average Bonchev–Trinajstić information content (AvgIpc) is 3.05. The molecule has 0 saturated heterocycles. The highest BCUT2D eigenvalue weighted by Gasteiger charge is 2.11. The van der Waals surface area contributed by atoms with E-state index in [1.165, 1.54) is 11.1 Å². The Morgan fingerprint density at radius 2 is 1.56 bits per heavy atom. The van der Waals surface area contributed by atoms with Crippen molar-refractivity contribution in [2.75, 3.05) is 6.61 Å². The minimum absolute atomic E-state index is 0.121. The van der Waals surface area contributed by atoms with Gasteiger partial charge in [0.1, 0.15) is 12.4 Å². The number of aromatic nitrogens is 1. The maximum atomic E-state index is 11.0. The third-order valence-corrected chi connectivity index (χ3v) is 4.62. The Morgan fingerprint density at radius 1 is 0.926 bits per heavy atom. The summed E-state index contributed by atoms with van der Waals surface area (Å²) in [6, 6.07) is 20.5. The second-order valence-corrected chi connectivity index (χ2v) is 6.78. The standard InChI is InChI=1S/C23H25NO3/c1-17-3-7-19(8-4-17)22-13-9-20(10-14-23(25)26)24(22)15-16-27-21-11-5-18(2)6-12-21/h3-9,11-13H,10,14-16H2,1-2H3,(H,25,26). The summed E-state index contributed by atoms with van der Waals surface area (Å²) < 4.78 is 8.06. The number of carboxylic acids is 1. The molecule has 3 rings (SSSR count). The molecule has 0 amide bonds. The third-order valence-electron chi connectivity index (χ3n) is 4.62. The van der Waals surface area contributed by atoms with Gasteiger partial charge in [-0.2, -0.15) is 0 Å². The van der Waals surface area contributed by atoms with Crippen molar-refractivity contribution in [1.29, 1.82) is 0 Å². The molecule has 0 radical (unpaired) electrons. The van der Waals surface area contributed by atoms with Crippen LogP contribution in [0.1, 0.15) is 23.2 Å². The molecule has 140 valence electrons. The SMILES string of the molecule is Cc1ccc(OCCn2c(CCC(=O)O)ccc2-c2ccc(C)cc2)cc1. The lowest BCUT2D eigenvalue weighted by atomic mass is 10.1. The molecule has 4 nitrogen and oxygen atoms in total. The lowest BCUT2D eigenvalue weighted by molar-refractivity contribution is -0.136. The summed E-state index contributed by atoms with van der Waals surface area (Å²) in [5.74, 6) is 0.0623. The molecule has 0 spiro atoms. The molecular weight excluding hydrogens is 338 g/mol.